The van der Waals surface area contributed by atoms with Crippen LogP contribution >= 0.6 is 0 Å². The van der Waals surface area contributed by atoms with E-state index in [1.165, 1.54) is 6.42 Å². The summed E-state index contributed by atoms with van der Waals surface area (Å²) in [4.78, 5) is 4.65. The lowest BCUT2D eigenvalue weighted by molar-refractivity contribution is 0.0428. The van der Waals surface area contributed by atoms with Crippen LogP contribution in [0, 0.1) is 5.92 Å². The Morgan fingerprint density at radius 1 is 1.20 bits per heavy atom. The monoisotopic (exact) mass is 269 g/mol. The zero-order valence-electron chi connectivity index (χ0n) is 11.4. The van der Waals surface area contributed by atoms with Gasteiger partial charge in [0.2, 0.25) is 0 Å². The van der Waals surface area contributed by atoms with Crippen LogP contribution in [0.3, 0.4) is 0 Å². The second kappa shape index (κ2) is 4.83. The van der Waals surface area contributed by atoms with Crippen molar-refractivity contribution in [2.45, 2.75) is 44.0 Å². The normalized spacial score (nSPS) is 29.9. The van der Waals surface area contributed by atoms with Gasteiger partial charge in [0.05, 0.1) is 23.8 Å². The molecule has 1 aromatic heterocycles. The summed E-state index contributed by atoms with van der Waals surface area (Å²) in [5.74, 6) is 0.294. The Morgan fingerprint density at radius 3 is 2.90 bits per heavy atom. The second-order valence-corrected chi connectivity index (χ2v) is 6.04. The number of nitrogens with zero attached hydrogens (tertiary/aromatic N) is 1. The molecule has 2 fully saturated rings. The standard InChI is InChI=1S/C17H19NO2/c19-16(14-10-13-7-8-17(14)20-13)9-12-6-5-11-3-1-2-4-15(11)18-12/h1-6,13-14,16-17,19H,7-10H2. The number of hydrogen-bond donors (Lipinski definition) is 1. The van der Waals surface area contributed by atoms with Crippen molar-refractivity contribution in [1.82, 2.24) is 4.98 Å². The number of hydrogen-bond acceptors (Lipinski definition) is 3. The number of fused-ring (bicyclic) bond motifs is 3. The molecule has 0 spiro atoms. The van der Waals surface area contributed by atoms with Gasteiger partial charge in [-0.25, -0.2) is 0 Å². The molecule has 104 valence electrons. The van der Waals surface area contributed by atoms with Gasteiger partial charge in [0.25, 0.3) is 0 Å². The third-order valence-electron chi connectivity index (χ3n) is 4.72. The molecule has 0 saturated carbocycles. The van der Waals surface area contributed by atoms with E-state index in [9.17, 15) is 5.11 Å². The number of aliphatic hydroxyl groups is 1. The predicted octanol–water partition coefficient (Wildman–Crippen LogP) is 2.71. The Labute approximate surface area is 118 Å². The lowest BCUT2D eigenvalue weighted by atomic mass is 9.83. The number of para-hydroxylation sites is 1. The molecule has 0 radical (unpaired) electrons. The molecule has 2 aliphatic heterocycles. The fraction of sp³-hybridized carbons (Fsp3) is 0.471. The van der Waals surface area contributed by atoms with Gasteiger partial charge in [-0.2, -0.15) is 0 Å². The molecule has 3 heterocycles. The molecule has 3 heteroatoms. The minimum Gasteiger partial charge on any atom is -0.392 e. The van der Waals surface area contributed by atoms with E-state index in [1.54, 1.807) is 0 Å². The van der Waals surface area contributed by atoms with Crippen LogP contribution in [0.25, 0.3) is 10.9 Å². The molecule has 0 aliphatic carbocycles. The van der Waals surface area contributed by atoms with Gasteiger partial charge >= 0.3 is 0 Å². The summed E-state index contributed by atoms with van der Waals surface area (Å²) < 4.78 is 5.83. The Hall–Kier alpha value is -1.45. The van der Waals surface area contributed by atoms with Crippen molar-refractivity contribution in [1.29, 1.82) is 0 Å². The summed E-state index contributed by atoms with van der Waals surface area (Å²) in [6.45, 7) is 0. The zero-order chi connectivity index (χ0) is 13.5. The fourth-order valence-electron chi connectivity index (χ4n) is 3.67. The number of benzene rings is 1. The summed E-state index contributed by atoms with van der Waals surface area (Å²) in [6.07, 6.45) is 4.25. The minimum absolute atomic E-state index is 0.274. The number of aliphatic hydroxyl groups excluding tert-OH is 1. The smallest absolute Gasteiger partial charge is 0.0705 e. The van der Waals surface area contributed by atoms with Crippen LogP contribution in [0.15, 0.2) is 36.4 Å². The van der Waals surface area contributed by atoms with E-state index in [2.05, 4.69) is 17.1 Å². The van der Waals surface area contributed by atoms with Crippen LogP contribution in [0.1, 0.15) is 25.0 Å². The first-order chi connectivity index (χ1) is 9.79. The van der Waals surface area contributed by atoms with Crippen molar-refractivity contribution in [3.63, 3.8) is 0 Å². The fourth-order valence-corrected chi connectivity index (χ4v) is 3.67. The van der Waals surface area contributed by atoms with Crippen molar-refractivity contribution in [2.75, 3.05) is 0 Å². The summed E-state index contributed by atoms with van der Waals surface area (Å²) >= 11 is 0. The maximum Gasteiger partial charge on any atom is 0.0705 e. The maximum absolute atomic E-state index is 10.5. The Kier molecular flexibility index (Phi) is 2.97. The average Bonchev–Trinajstić information content (AvgIpc) is 3.10. The van der Waals surface area contributed by atoms with Crippen LogP contribution in [-0.4, -0.2) is 28.4 Å². The van der Waals surface area contributed by atoms with Crippen LogP contribution in [0.5, 0.6) is 0 Å². The molecule has 2 aromatic rings. The van der Waals surface area contributed by atoms with E-state index in [1.807, 2.05) is 24.3 Å². The number of ether oxygens (including phenoxy) is 1. The van der Waals surface area contributed by atoms with Gasteiger partial charge in [-0.15, -0.1) is 0 Å². The first-order valence-corrected chi connectivity index (χ1v) is 7.48. The molecule has 3 nitrogen and oxygen atoms in total. The molecular formula is C17H19NO2. The lowest BCUT2D eigenvalue weighted by Gasteiger charge is -2.24. The highest BCUT2D eigenvalue weighted by Crippen LogP contribution is 2.40. The highest BCUT2D eigenvalue weighted by molar-refractivity contribution is 5.78. The van der Waals surface area contributed by atoms with Gasteiger partial charge in [0.15, 0.2) is 0 Å². The van der Waals surface area contributed by atoms with Crippen LogP contribution in [0.2, 0.25) is 0 Å². The molecule has 1 N–H and O–H groups in total. The second-order valence-electron chi connectivity index (χ2n) is 6.04. The van der Waals surface area contributed by atoms with Gasteiger partial charge in [-0.05, 0) is 31.4 Å². The predicted molar refractivity (Wildman–Crippen MR) is 77.5 cm³/mol. The summed E-state index contributed by atoms with van der Waals surface area (Å²) in [5.41, 5.74) is 1.97. The van der Waals surface area contributed by atoms with E-state index >= 15 is 0 Å². The molecule has 2 saturated heterocycles. The zero-order valence-corrected chi connectivity index (χ0v) is 11.4. The summed E-state index contributed by atoms with van der Waals surface area (Å²) in [7, 11) is 0. The molecule has 20 heavy (non-hydrogen) atoms. The van der Waals surface area contributed by atoms with Crippen LogP contribution in [0.4, 0.5) is 0 Å². The number of pyridine rings is 1. The molecule has 4 rings (SSSR count). The van der Waals surface area contributed by atoms with E-state index < -0.39 is 0 Å². The average molecular weight is 269 g/mol. The van der Waals surface area contributed by atoms with Crippen molar-refractivity contribution in [3.05, 3.63) is 42.1 Å². The SMILES string of the molecule is OC(Cc1ccc2ccccc2n1)C1CC2CCC1O2. The Bertz CT molecular complexity index is 627. The Morgan fingerprint density at radius 2 is 2.10 bits per heavy atom. The maximum atomic E-state index is 10.5. The molecule has 4 atom stereocenters. The van der Waals surface area contributed by atoms with Gasteiger partial charge in [0.1, 0.15) is 0 Å². The molecular weight excluding hydrogens is 250 g/mol. The van der Waals surface area contributed by atoms with Crippen LogP contribution in [-0.2, 0) is 11.2 Å². The van der Waals surface area contributed by atoms with Crippen molar-refractivity contribution in [3.8, 4) is 0 Å². The van der Waals surface area contributed by atoms with E-state index in [-0.39, 0.29) is 12.2 Å². The largest absolute Gasteiger partial charge is 0.392 e. The van der Waals surface area contributed by atoms with Crippen molar-refractivity contribution >= 4 is 10.9 Å². The highest BCUT2D eigenvalue weighted by atomic mass is 16.5. The quantitative estimate of drug-likeness (QED) is 0.931. The van der Waals surface area contributed by atoms with Gasteiger partial charge < -0.3 is 9.84 Å². The van der Waals surface area contributed by atoms with Crippen molar-refractivity contribution < 1.29 is 9.84 Å². The lowest BCUT2D eigenvalue weighted by Crippen LogP contribution is -2.31. The molecule has 4 unspecified atom stereocenters. The van der Waals surface area contributed by atoms with Gasteiger partial charge in [0, 0.05) is 23.4 Å². The molecule has 1 aromatic carbocycles. The summed E-state index contributed by atoms with van der Waals surface area (Å²) in [6, 6.07) is 12.2. The number of rotatable bonds is 3. The third-order valence-corrected chi connectivity index (χ3v) is 4.72. The molecule has 2 bridgehead atoms. The van der Waals surface area contributed by atoms with Crippen molar-refractivity contribution in [2.24, 2.45) is 5.92 Å². The van der Waals surface area contributed by atoms with Gasteiger partial charge in [-0.1, -0.05) is 24.3 Å². The van der Waals surface area contributed by atoms with E-state index in [4.69, 9.17) is 4.74 Å². The number of aromatic nitrogens is 1. The molecule has 2 aliphatic rings. The van der Waals surface area contributed by atoms with Crippen LogP contribution < -0.4 is 0 Å². The highest BCUT2D eigenvalue weighted by Gasteiger charge is 2.43. The van der Waals surface area contributed by atoms with Gasteiger partial charge in [-0.3, -0.25) is 4.98 Å². The third kappa shape index (κ3) is 2.11. The first kappa shape index (κ1) is 12.3. The van der Waals surface area contributed by atoms with E-state index in [0.717, 1.165) is 29.4 Å². The minimum atomic E-state index is -0.334. The first-order valence-electron chi connectivity index (χ1n) is 7.48. The molecule has 0 amide bonds. The van der Waals surface area contributed by atoms with E-state index in [0.29, 0.717) is 18.4 Å². The topological polar surface area (TPSA) is 42.4 Å². The Balaban J connectivity index is 1.52. The summed E-state index contributed by atoms with van der Waals surface area (Å²) in [5, 5.41) is 11.6.